The molecule has 1 amide bonds. The molecule has 21 heavy (non-hydrogen) atoms. The number of rotatable bonds is 9. The Kier molecular flexibility index (Phi) is 7.25. The first-order chi connectivity index (χ1) is 10.3. The largest absolute Gasteiger partial charge is 0.376 e. The van der Waals surface area contributed by atoms with E-state index >= 15 is 0 Å². The number of carbonyl (C=O) groups excluding carboxylic acids is 1. The molecule has 1 fully saturated rings. The molecule has 0 aromatic heterocycles. The van der Waals surface area contributed by atoms with Gasteiger partial charge >= 0.3 is 0 Å². The average molecular weight is 290 g/mol. The Labute approximate surface area is 127 Å². The van der Waals surface area contributed by atoms with Gasteiger partial charge in [-0.2, -0.15) is 0 Å². The van der Waals surface area contributed by atoms with Crippen molar-refractivity contribution in [1.82, 2.24) is 10.6 Å². The summed E-state index contributed by atoms with van der Waals surface area (Å²) in [4.78, 5) is 11.6. The van der Waals surface area contributed by atoms with E-state index in [0.717, 1.165) is 45.4 Å². The summed E-state index contributed by atoms with van der Waals surface area (Å²) >= 11 is 0. The lowest BCUT2D eigenvalue weighted by molar-refractivity contribution is -0.121. The van der Waals surface area contributed by atoms with E-state index in [2.05, 4.69) is 34.9 Å². The number of nitrogens with one attached hydrogen (secondary N) is 2. The summed E-state index contributed by atoms with van der Waals surface area (Å²) in [5, 5.41) is 6.26. The summed E-state index contributed by atoms with van der Waals surface area (Å²) < 4.78 is 5.47. The monoisotopic (exact) mass is 290 g/mol. The molecule has 1 aromatic rings. The van der Waals surface area contributed by atoms with Crippen molar-refractivity contribution in [1.29, 1.82) is 0 Å². The summed E-state index contributed by atoms with van der Waals surface area (Å²) in [6, 6.07) is 10.5. The van der Waals surface area contributed by atoms with Crippen LogP contribution in [0.25, 0.3) is 0 Å². The highest BCUT2D eigenvalue weighted by atomic mass is 16.5. The molecule has 1 aromatic carbocycles. The highest BCUT2D eigenvalue weighted by molar-refractivity contribution is 5.76. The first-order valence-corrected chi connectivity index (χ1v) is 7.97. The fraction of sp³-hybridized carbons (Fsp3) is 0.588. The van der Waals surface area contributed by atoms with Gasteiger partial charge in [-0.3, -0.25) is 4.79 Å². The molecule has 1 unspecified atom stereocenters. The van der Waals surface area contributed by atoms with Crippen molar-refractivity contribution in [2.75, 3.05) is 26.2 Å². The van der Waals surface area contributed by atoms with Crippen molar-refractivity contribution in [2.24, 2.45) is 0 Å². The van der Waals surface area contributed by atoms with E-state index in [-0.39, 0.29) is 12.0 Å². The zero-order chi connectivity index (χ0) is 14.8. The maximum atomic E-state index is 11.6. The van der Waals surface area contributed by atoms with Crippen molar-refractivity contribution in [2.45, 2.75) is 38.2 Å². The van der Waals surface area contributed by atoms with Crippen LogP contribution in [0.2, 0.25) is 0 Å². The topological polar surface area (TPSA) is 50.4 Å². The van der Waals surface area contributed by atoms with Crippen LogP contribution in [0.3, 0.4) is 0 Å². The molecule has 1 aliphatic rings. The van der Waals surface area contributed by atoms with Crippen LogP contribution in [0, 0.1) is 0 Å². The second kappa shape index (κ2) is 9.53. The molecule has 4 nitrogen and oxygen atoms in total. The molecule has 0 saturated carbocycles. The number of ether oxygens (including phenoxy) is 1. The number of amides is 1. The zero-order valence-corrected chi connectivity index (χ0v) is 12.6. The minimum Gasteiger partial charge on any atom is -0.376 e. The first kappa shape index (κ1) is 16.0. The van der Waals surface area contributed by atoms with Crippen LogP contribution in [0.4, 0.5) is 0 Å². The van der Waals surface area contributed by atoms with Gasteiger partial charge in [0.2, 0.25) is 5.91 Å². The molecule has 0 spiro atoms. The maximum Gasteiger partial charge on any atom is 0.221 e. The van der Waals surface area contributed by atoms with Gasteiger partial charge in [0, 0.05) is 26.1 Å². The molecule has 2 N–H and O–H groups in total. The third-order valence-corrected chi connectivity index (χ3v) is 3.74. The fourth-order valence-corrected chi connectivity index (χ4v) is 2.51. The molecule has 1 aliphatic heterocycles. The van der Waals surface area contributed by atoms with Gasteiger partial charge in [0.15, 0.2) is 0 Å². The van der Waals surface area contributed by atoms with Crippen molar-refractivity contribution < 1.29 is 9.53 Å². The van der Waals surface area contributed by atoms with Crippen LogP contribution in [-0.4, -0.2) is 38.3 Å². The Hall–Kier alpha value is -1.39. The first-order valence-electron chi connectivity index (χ1n) is 7.97. The smallest absolute Gasteiger partial charge is 0.221 e. The maximum absolute atomic E-state index is 11.6. The van der Waals surface area contributed by atoms with Crippen LogP contribution in [0.5, 0.6) is 0 Å². The van der Waals surface area contributed by atoms with Gasteiger partial charge in [-0.05, 0) is 37.8 Å². The van der Waals surface area contributed by atoms with Gasteiger partial charge in [0.25, 0.3) is 0 Å². The predicted molar refractivity (Wildman–Crippen MR) is 84.2 cm³/mol. The second-order valence-corrected chi connectivity index (χ2v) is 5.53. The van der Waals surface area contributed by atoms with Gasteiger partial charge in [-0.1, -0.05) is 30.3 Å². The standard InChI is InChI=1S/C17H26N2O2/c20-17(19-14-16-9-5-13-21-16)10-12-18-11-4-8-15-6-2-1-3-7-15/h1-3,6-7,16,18H,4-5,8-14H2,(H,19,20). The van der Waals surface area contributed by atoms with Crippen molar-refractivity contribution in [3.8, 4) is 0 Å². The Bertz CT molecular complexity index is 403. The SMILES string of the molecule is O=C(CCNCCCc1ccccc1)NCC1CCCO1. The van der Waals surface area contributed by atoms with Crippen LogP contribution >= 0.6 is 0 Å². The molecule has 1 heterocycles. The molecule has 2 rings (SSSR count). The Morgan fingerprint density at radius 2 is 2.10 bits per heavy atom. The van der Waals surface area contributed by atoms with Crippen molar-refractivity contribution >= 4 is 5.91 Å². The van der Waals surface area contributed by atoms with Crippen molar-refractivity contribution in [3.05, 3.63) is 35.9 Å². The molecule has 0 bridgehead atoms. The molecule has 116 valence electrons. The van der Waals surface area contributed by atoms with Crippen LogP contribution in [0.1, 0.15) is 31.2 Å². The average Bonchev–Trinajstić information content (AvgIpc) is 3.03. The van der Waals surface area contributed by atoms with Gasteiger partial charge in [-0.25, -0.2) is 0 Å². The van der Waals surface area contributed by atoms with Crippen LogP contribution in [-0.2, 0) is 16.0 Å². The molecule has 4 heteroatoms. The summed E-state index contributed by atoms with van der Waals surface area (Å²) in [6.45, 7) is 3.19. The Balaban J connectivity index is 1.43. The number of carbonyl (C=O) groups is 1. The molecular weight excluding hydrogens is 264 g/mol. The highest BCUT2D eigenvalue weighted by Crippen LogP contribution is 2.10. The normalized spacial score (nSPS) is 17.8. The van der Waals surface area contributed by atoms with Crippen molar-refractivity contribution in [3.63, 3.8) is 0 Å². The predicted octanol–water partition coefficient (Wildman–Crippen LogP) is 1.89. The van der Waals surface area contributed by atoms with Gasteiger partial charge in [0.1, 0.15) is 0 Å². The molecular formula is C17H26N2O2. The number of hydrogen-bond acceptors (Lipinski definition) is 3. The van der Waals surface area contributed by atoms with Gasteiger partial charge < -0.3 is 15.4 Å². The molecule has 0 aliphatic carbocycles. The zero-order valence-electron chi connectivity index (χ0n) is 12.6. The third-order valence-electron chi connectivity index (χ3n) is 3.74. The highest BCUT2D eigenvalue weighted by Gasteiger charge is 2.15. The summed E-state index contributed by atoms with van der Waals surface area (Å²) in [5.41, 5.74) is 1.37. The van der Waals surface area contributed by atoms with E-state index in [1.54, 1.807) is 0 Å². The van der Waals surface area contributed by atoms with E-state index in [0.29, 0.717) is 13.0 Å². The van der Waals surface area contributed by atoms with Gasteiger partial charge in [-0.15, -0.1) is 0 Å². The lowest BCUT2D eigenvalue weighted by Crippen LogP contribution is -2.33. The van der Waals surface area contributed by atoms with E-state index in [1.807, 2.05) is 6.07 Å². The lowest BCUT2D eigenvalue weighted by atomic mass is 10.1. The Morgan fingerprint density at radius 1 is 1.24 bits per heavy atom. The number of aryl methyl sites for hydroxylation is 1. The number of hydrogen-bond donors (Lipinski definition) is 2. The van der Waals surface area contributed by atoms with E-state index in [1.165, 1.54) is 5.56 Å². The Morgan fingerprint density at radius 3 is 2.86 bits per heavy atom. The molecule has 1 atom stereocenters. The lowest BCUT2D eigenvalue weighted by Gasteiger charge is -2.11. The molecule has 1 saturated heterocycles. The second-order valence-electron chi connectivity index (χ2n) is 5.53. The molecule has 0 radical (unpaired) electrons. The number of benzene rings is 1. The summed E-state index contributed by atoms with van der Waals surface area (Å²) in [7, 11) is 0. The van der Waals surface area contributed by atoms with E-state index in [9.17, 15) is 4.79 Å². The fourth-order valence-electron chi connectivity index (χ4n) is 2.51. The quantitative estimate of drug-likeness (QED) is 0.683. The summed E-state index contributed by atoms with van der Waals surface area (Å²) in [6.07, 6.45) is 5.13. The summed E-state index contributed by atoms with van der Waals surface area (Å²) in [5.74, 6) is 0.112. The van der Waals surface area contributed by atoms with Gasteiger partial charge in [0.05, 0.1) is 6.10 Å². The van der Waals surface area contributed by atoms with E-state index < -0.39 is 0 Å². The van der Waals surface area contributed by atoms with Crippen LogP contribution in [0.15, 0.2) is 30.3 Å². The third kappa shape index (κ3) is 6.74. The minimum absolute atomic E-state index is 0.112. The minimum atomic E-state index is 0.112. The van der Waals surface area contributed by atoms with E-state index in [4.69, 9.17) is 4.74 Å². The van der Waals surface area contributed by atoms with Crippen LogP contribution < -0.4 is 10.6 Å².